The Morgan fingerprint density at radius 2 is 2.15 bits per heavy atom. The molecule has 0 radical (unpaired) electrons. The van der Waals surface area contributed by atoms with E-state index in [1.165, 1.54) is 7.11 Å². The lowest BCUT2D eigenvalue weighted by atomic mass is 9.88. The molecule has 1 aliphatic rings. The average Bonchev–Trinajstić information content (AvgIpc) is 2.29. The molecular weight excluding hydrogens is 168 g/mol. The molecule has 1 atom stereocenters. The Kier molecular flexibility index (Phi) is 2.76. The van der Waals surface area contributed by atoms with Gasteiger partial charge in [-0.25, -0.2) is 4.79 Å². The van der Waals surface area contributed by atoms with E-state index in [1.54, 1.807) is 6.08 Å². The van der Waals surface area contributed by atoms with Crippen molar-refractivity contribution in [3.63, 3.8) is 0 Å². The quantitative estimate of drug-likeness (QED) is 0.615. The van der Waals surface area contributed by atoms with E-state index in [0.29, 0.717) is 0 Å². The molecule has 1 aliphatic heterocycles. The summed E-state index contributed by atoms with van der Waals surface area (Å²) in [5, 5.41) is 0. The van der Waals surface area contributed by atoms with Crippen LogP contribution >= 0.6 is 0 Å². The van der Waals surface area contributed by atoms with Gasteiger partial charge in [0.15, 0.2) is 0 Å². The van der Waals surface area contributed by atoms with E-state index in [-0.39, 0.29) is 11.4 Å². The second-order valence-corrected chi connectivity index (χ2v) is 4.44. The zero-order valence-corrected chi connectivity index (χ0v) is 8.59. The van der Waals surface area contributed by atoms with Crippen LogP contribution in [-0.2, 0) is 14.3 Å². The lowest BCUT2D eigenvalue weighted by Gasteiger charge is -2.16. The number of cyclic esters (lactones) is 1. The number of hydrogen-bond donors (Lipinski definition) is 0. The van der Waals surface area contributed by atoms with Gasteiger partial charge in [0.05, 0.1) is 0 Å². The van der Waals surface area contributed by atoms with Gasteiger partial charge in [-0.3, -0.25) is 0 Å². The number of carbonyl (C=O) groups is 1. The third kappa shape index (κ3) is 2.84. The van der Waals surface area contributed by atoms with Crippen LogP contribution in [0.2, 0.25) is 0 Å². The van der Waals surface area contributed by atoms with Crippen LogP contribution in [0.15, 0.2) is 11.6 Å². The van der Waals surface area contributed by atoms with Gasteiger partial charge < -0.3 is 9.47 Å². The topological polar surface area (TPSA) is 35.5 Å². The number of methoxy groups -OCH3 is 1. The Bertz CT molecular complexity index is 235. The highest BCUT2D eigenvalue weighted by Gasteiger charge is 2.28. The van der Waals surface area contributed by atoms with Gasteiger partial charge in [-0.05, 0) is 17.9 Å². The first kappa shape index (κ1) is 10.3. The Morgan fingerprint density at radius 3 is 2.54 bits per heavy atom. The zero-order valence-electron chi connectivity index (χ0n) is 8.59. The molecule has 74 valence electrons. The summed E-state index contributed by atoms with van der Waals surface area (Å²) in [6.45, 7) is 6.25. The molecule has 1 rings (SSSR count). The molecule has 0 amide bonds. The van der Waals surface area contributed by atoms with E-state index >= 15 is 0 Å². The van der Waals surface area contributed by atoms with Crippen LogP contribution in [0.25, 0.3) is 0 Å². The first-order valence-corrected chi connectivity index (χ1v) is 4.37. The molecule has 0 saturated heterocycles. The normalized spacial score (nSPS) is 22.9. The monoisotopic (exact) mass is 184 g/mol. The minimum absolute atomic E-state index is 0.105. The van der Waals surface area contributed by atoms with Crippen molar-refractivity contribution >= 4 is 5.97 Å². The molecule has 0 spiro atoms. The Hall–Kier alpha value is -0.830. The summed E-state index contributed by atoms with van der Waals surface area (Å²) < 4.78 is 9.82. The third-order valence-electron chi connectivity index (χ3n) is 1.78. The molecule has 3 nitrogen and oxygen atoms in total. The summed E-state index contributed by atoms with van der Waals surface area (Å²) in [7, 11) is 1.52. The summed E-state index contributed by atoms with van der Waals surface area (Å²) in [6.07, 6.45) is 1.99. The highest BCUT2D eigenvalue weighted by molar-refractivity contribution is 5.90. The predicted octanol–water partition coefficient (Wildman–Crippen LogP) is 1.88. The van der Waals surface area contributed by atoms with Crippen molar-refractivity contribution < 1.29 is 14.3 Å². The SMILES string of the molecule is COC1C=C(CC(C)(C)C)C(=O)O1. The van der Waals surface area contributed by atoms with Crippen LogP contribution in [0.4, 0.5) is 0 Å². The van der Waals surface area contributed by atoms with E-state index in [9.17, 15) is 4.79 Å². The summed E-state index contributed by atoms with van der Waals surface area (Å²) >= 11 is 0. The number of esters is 1. The molecule has 0 aromatic rings. The zero-order chi connectivity index (χ0) is 10.1. The number of ether oxygens (including phenoxy) is 2. The van der Waals surface area contributed by atoms with Crippen LogP contribution in [0, 0.1) is 5.41 Å². The number of hydrogen-bond acceptors (Lipinski definition) is 3. The molecule has 1 heterocycles. The van der Waals surface area contributed by atoms with Crippen molar-refractivity contribution in [3.05, 3.63) is 11.6 Å². The minimum atomic E-state index is -0.482. The highest BCUT2D eigenvalue weighted by Crippen LogP contribution is 2.28. The maximum Gasteiger partial charge on any atom is 0.336 e. The van der Waals surface area contributed by atoms with Crippen LogP contribution in [-0.4, -0.2) is 19.4 Å². The summed E-state index contributed by atoms with van der Waals surface area (Å²) in [4.78, 5) is 11.3. The lowest BCUT2D eigenvalue weighted by molar-refractivity contribution is -0.155. The van der Waals surface area contributed by atoms with E-state index in [2.05, 4.69) is 20.8 Å². The molecule has 0 N–H and O–H groups in total. The standard InChI is InChI=1S/C10H16O3/c1-10(2,3)6-7-5-8(12-4)13-9(7)11/h5,8H,6H2,1-4H3. The first-order chi connectivity index (χ1) is 5.92. The van der Waals surface area contributed by atoms with E-state index in [0.717, 1.165) is 12.0 Å². The van der Waals surface area contributed by atoms with E-state index < -0.39 is 6.29 Å². The van der Waals surface area contributed by atoms with Crippen LogP contribution in [0.3, 0.4) is 0 Å². The van der Waals surface area contributed by atoms with Gasteiger partial charge >= 0.3 is 5.97 Å². The van der Waals surface area contributed by atoms with Crippen molar-refractivity contribution in [3.8, 4) is 0 Å². The third-order valence-corrected chi connectivity index (χ3v) is 1.78. The molecule has 1 unspecified atom stereocenters. The molecule has 0 fully saturated rings. The largest absolute Gasteiger partial charge is 0.429 e. The van der Waals surface area contributed by atoms with E-state index in [1.807, 2.05) is 0 Å². The van der Waals surface area contributed by atoms with Crippen molar-refractivity contribution in [1.29, 1.82) is 0 Å². The Labute approximate surface area is 78.7 Å². The smallest absolute Gasteiger partial charge is 0.336 e. The highest BCUT2D eigenvalue weighted by atomic mass is 16.7. The summed E-state index contributed by atoms with van der Waals surface area (Å²) in [5.41, 5.74) is 0.826. The van der Waals surface area contributed by atoms with Crippen LogP contribution < -0.4 is 0 Å². The number of carbonyl (C=O) groups excluding carboxylic acids is 1. The average molecular weight is 184 g/mol. The fraction of sp³-hybridized carbons (Fsp3) is 0.700. The summed E-state index contributed by atoms with van der Waals surface area (Å²) in [6, 6.07) is 0. The van der Waals surface area contributed by atoms with E-state index in [4.69, 9.17) is 9.47 Å². The lowest BCUT2D eigenvalue weighted by Crippen LogP contribution is -2.12. The van der Waals surface area contributed by atoms with Crippen molar-refractivity contribution in [2.75, 3.05) is 7.11 Å². The molecule has 0 aromatic heterocycles. The predicted molar refractivity (Wildman–Crippen MR) is 49.0 cm³/mol. The van der Waals surface area contributed by atoms with Gasteiger partial charge in [0, 0.05) is 12.7 Å². The molecule has 0 saturated carbocycles. The minimum Gasteiger partial charge on any atom is -0.429 e. The maximum atomic E-state index is 11.3. The number of rotatable bonds is 2. The van der Waals surface area contributed by atoms with Crippen LogP contribution in [0.5, 0.6) is 0 Å². The summed E-state index contributed by atoms with van der Waals surface area (Å²) in [5.74, 6) is -0.248. The van der Waals surface area contributed by atoms with Crippen molar-refractivity contribution in [2.45, 2.75) is 33.5 Å². The fourth-order valence-electron chi connectivity index (χ4n) is 1.27. The van der Waals surface area contributed by atoms with Gasteiger partial charge in [0.1, 0.15) is 0 Å². The Morgan fingerprint density at radius 1 is 1.54 bits per heavy atom. The second-order valence-electron chi connectivity index (χ2n) is 4.44. The molecule has 13 heavy (non-hydrogen) atoms. The Balaban J connectivity index is 2.64. The van der Waals surface area contributed by atoms with Gasteiger partial charge in [0.2, 0.25) is 6.29 Å². The van der Waals surface area contributed by atoms with Gasteiger partial charge in [0.25, 0.3) is 0 Å². The maximum absolute atomic E-state index is 11.3. The molecule has 0 aliphatic carbocycles. The van der Waals surface area contributed by atoms with Gasteiger partial charge in [-0.2, -0.15) is 0 Å². The van der Waals surface area contributed by atoms with Crippen molar-refractivity contribution in [1.82, 2.24) is 0 Å². The fourth-order valence-corrected chi connectivity index (χ4v) is 1.27. The van der Waals surface area contributed by atoms with Gasteiger partial charge in [-0.15, -0.1) is 0 Å². The second kappa shape index (κ2) is 3.50. The molecular formula is C10H16O3. The van der Waals surface area contributed by atoms with Gasteiger partial charge in [-0.1, -0.05) is 20.8 Å². The molecule has 0 bridgehead atoms. The molecule has 3 heteroatoms. The molecule has 0 aromatic carbocycles. The van der Waals surface area contributed by atoms with Crippen molar-refractivity contribution in [2.24, 2.45) is 5.41 Å². The van der Waals surface area contributed by atoms with Crippen LogP contribution in [0.1, 0.15) is 27.2 Å². The first-order valence-electron chi connectivity index (χ1n) is 4.37.